The maximum Gasteiger partial charge on any atom is 0.0278 e. The molecule has 3 nitrogen and oxygen atoms in total. The summed E-state index contributed by atoms with van der Waals surface area (Å²) >= 11 is 0. The van der Waals surface area contributed by atoms with Gasteiger partial charge in [0.15, 0.2) is 0 Å². The number of fused-ring (bicyclic) bond motifs is 1. The van der Waals surface area contributed by atoms with E-state index < -0.39 is 0 Å². The zero-order chi connectivity index (χ0) is 15.0. The molecule has 0 aromatic heterocycles. The Hall–Kier alpha value is -0.120. The number of hydrogen-bond donors (Lipinski definition) is 1. The lowest BCUT2D eigenvalue weighted by Gasteiger charge is -2.52. The van der Waals surface area contributed by atoms with Crippen LogP contribution < -0.4 is 5.32 Å². The summed E-state index contributed by atoms with van der Waals surface area (Å²) in [5.74, 6) is 0.750. The molecule has 3 fully saturated rings. The summed E-state index contributed by atoms with van der Waals surface area (Å²) in [5.41, 5.74) is 0.318. The molecule has 3 aliphatic heterocycles. The van der Waals surface area contributed by atoms with Gasteiger partial charge in [-0.05, 0) is 58.0 Å². The van der Waals surface area contributed by atoms with Crippen LogP contribution in [0.4, 0.5) is 0 Å². The predicted octanol–water partition coefficient (Wildman–Crippen LogP) is 2.71. The summed E-state index contributed by atoms with van der Waals surface area (Å²) in [6, 6.07) is 2.44. The van der Waals surface area contributed by atoms with Crippen molar-refractivity contribution in [3.63, 3.8) is 0 Å². The van der Waals surface area contributed by atoms with Crippen LogP contribution >= 0.6 is 0 Å². The highest BCUT2D eigenvalue weighted by molar-refractivity contribution is 5.00. The average molecular weight is 293 g/mol. The number of piperazine rings is 1. The van der Waals surface area contributed by atoms with E-state index in [9.17, 15) is 0 Å². The van der Waals surface area contributed by atoms with E-state index >= 15 is 0 Å². The van der Waals surface area contributed by atoms with Crippen LogP contribution in [0.2, 0.25) is 0 Å². The van der Waals surface area contributed by atoms with Crippen molar-refractivity contribution in [1.82, 2.24) is 15.1 Å². The van der Waals surface area contributed by atoms with Gasteiger partial charge < -0.3 is 10.2 Å². The summed E-state index contributed by atoms with van der Waals surface area (Å²) in [4.78, 5) is 5.66. The molecule has 0 bridgehead atoms. The molecule has 3 saturated heterocycles. The van der Waals surface area contributed by atoms with Crippen molar-refractivity contribution in [2.45, 2.75) is 83.5 Å². The number of piperidine rings is 1. The molecule has 3 aliphatic rings. The van der Waals surface area contributed by atoms with E-state index in [2.05, 4.69) is 42.8 Å². The Labute approximate surface area is 131 Å². The minimum atomic E-state index is 0.318. The largest absolute Gasteiger partial charge is 0.309 e. The SMILES string of the molecule is CCC1(C)CN(C2CCN3CCCC3C2)C(C(C)C)CN1. The molecule has 0 aromatic carbocycles. The third-order valence-corrected chi connectivity index (χ3v) is 6.51. The zero-order valence-electron chi connectivity index (χ0n) is 14.6. The first kappa shape index (κ1) is 15.8. The lowest BCUT2D eigenvalue weighted by atomic mass is 9.86. The van der Waals surface area contributed by atoms with E-state index in [1.807, 2.05) is 0 Å². The average Bonchev–Trinajstić information content (AvgIpc) is 2.94. The van der Waals surface area contributed by atoms with Gasteiger partial charge in [0.1, 0.15) is 0 Å². The van der Waals surface area contributed by atoms with Crippen molar-refractivity contribution >= 4 is 0 Å². The molecule has 1 N–H and O–H groups in total. The molecule has 0 amide bonds. The maximum atomic E-state index is 3.84. The third kappa shape index (κ3) is 3.16. The topological polar surface area (TPSA) is 18.5 Å². The van der Waals surface area contributed by atoms with E-state index in [1.165, 1.54) is 58.3 Å². The highest BCUT2D eigenvalue weighted by Crippen LogP contribution is 2.33. The summed E-state index contributed by atoms with van der Waals surface area (Å²) in [7, 11) is 0. The van der Waals surface area contributed by atoms with Gasteiger partial charge in [0, 0.05) is 36.8 Å². The molecule has 3 heteroatoms. The number of nitrogens with zero attached hydrogens (tertiary/aromatic N) is 2. The molecular weight excluding hydrogens is 258 g/mol. The second-order valence-electron chi connectivity index (χ2n) is 8.29. The fourth-order valence-corrected chi connectivity index (χ4v) is 4.80. The maximum absolute atomic E-state index is 3.84. The minimum Gasteiger partial charge on any atom is -0.309 e. The lowest BCUT2D eigenvalue weighted by Crippen LogP contribution is -2.67. The van der Waals surface area contributed by atoms with Crippen LogP contribution in [0.3, 0.4) is 0 Å². The van der Waals surface area contributed by atoms with Crippen LogP contribution in [0.25, 0.3) is 0 Å². The number of nitrogens with one attached hydrogen (secondary N) is 1. The molecule has 4 atom stereocenters. The first-order valence-electron chi connectivity index (χ1n) is 9.27. The molecule has 0 spiro atoms. The van der Waals surface area contributed by atoms with Gasteiger partial charge in [-0.25, -0.2) is 0 Å². The van der Waals surface area contributed by atoms with Crippen LogP contribution in [0, 0.1) is 5.92 Å². The van der Waals surface area contributed by atoms with Crippen LogP contribution in [0.15, 0.2) is 0 Å². The van der Waals surface area contributed by atoms with Crippen LogP contribution in [0.5, 0.6) is 0 Å². The minimum absolute atomic E-state index is 0.318. The second kappa shape index (κ2) is 6.17. The van der Waals surface area contributed by atoms with E-state index in [0.717, 1.165) is 24.0 Å². The van der Waals surface area contributed by atoms with E-state index in [4.69, 9.17) is 0 Å². The fraction of sp³-hybridized carbons (Fsp3) is 1.00. The van der Waals surface area contributed by atoms with Crippen LogP contribution in [-0.4, -0.2) is 59.6 Å². The molecule has 122 valence electrons. The lowest BCUT2D eigenvalue weighted by molar-refractivity contribution is -0.00699. The standard InChI is InChI=1S/C18H35N3/c1-5-18(4)13-21(17(12-19-18)14(2)3)16-8-10-20-9-6-7-15(20)11-16/h14-17,19H,5-13H2,1-4H3. The third-order valence-electron chi connectivity index (χ3n) is 6.51. The summed E-state index contributed by atoms with van der Waals surface area (Å²) in [6.07, 6.45) is 6.92. The monoisotopic (exact) mass is 293 g/mol. The zero-order valence-corrected chi connectivity index (χ0v) is 14.6. The molecule has 3 rings (SSSR count). The highest BCUT2D eigenvalue weighted by Gasteiger charge is 2.42. The van der Waals surface area contributed by atoms with Crippen molar-refractivity contribution in [1.29, 1.82) is 0 Å². The molecule has 0 radical (unpaired) electrons. The second-order valence-corrected chi connectivity index (χ2v) is 8.29. The van der Waals surface area contributed by atoms with Gasteiger partial charge in [0.2, 0.25) is 0 Å². The van der Waals surface area contributed by atoms with Gasteiger partial charge in [0.25, 0.3) is 0 Å². The molecule has 3 heterocycles. The number of rotatable bonds is 3. The number of hydrogen-bond acceptors (Lipinski definition) is 3. The first-order chi connectivity index (χ1) is 10.0. The Morgan fingerprint density at radius 1 is 1.19 bits per heavy atom. The van der Waals surface area contributed by atoms with Crippen LogP contribution in [-0.2, 0) is 0 Å². The Morgan fingerprint density at radius 3 is 2.71 bits per heavy atom. The van der Waals surface area contributed by atoms with Gasteiger partial charge in [0.05, 0.1) is 0 Å². The molecule has 0 aromatic rings. The molecule has 4 unspecified atom stereocenters. The summed E-state index contributed by atoms with van der Waals surface area (Å²) in [6.45, 7) is 14.7. The quantitative estimate of drug-likeness (QED) is 0.863. The van der Waals surface area contributed by atoms with Gasteiger partial charge in [-0.3, -0.25) is 4.90 Å². The van der Waals surface area contributed by atoms with E-state index in [-0.39, 0.29) is 0 Å². The van der Waals surface area contributed by atoms with Crippen molar-refractivity contribution in [3.8, 4) is 0 Å². The molecular formula is C18H35N3. The van der Waals surface area contributed by atoms with Crippen molar-refractivity contribution in [2.24, 2.45) is 5.92 Å². The van der Waals surface area contributed by atoms with Crippen LogP contribution in [0.1, 0.15) is 59.8 Å². The summed E-state index contributed by atoms with van der Waals surface area (Å²) in [5, 5.41) is 3.84. The van der Waals surface area contributed by atoms with Gasteiger partial charge >= 0.3 is 0 Å². The van der Waals surface area contributed by atoms with E-state index in [0.29, 0.717) is 5.54 Å². The van der Waals surface area contributed by atoms with Gasteiger partial charge in [-0.2, -0.15) is 0 Å². The van der Waals surface area contributed by atoms with Crippen molar-refractivity contribution in [3.05, 3.63) is 0 Å². The summed E-state index contributed by atoms with van der Waals surface area (Å²) < 4.78 is 0. The van der Waals surface area contributed by atoms with E-state index in [1.54, 1.807) is 0 Å². The van der Waals surface area contributed by atoms with Gasteiger partial charge in [-0.15, -0.1) is 0 Å². The molecule has 0 saturated carbocycles. The Bertz CT molecular complexity index is 356. The van der Waals surface area contributed by atoms with Gasteiger partial charge in [-0.1, -0.05) is 20.8 Å². The predicted molar refractivity (Wildman–Crippen MR) is 89.6 cm³/mol. The molecule has 0 aliphatic carbocycles. The Morgan fingerprint density at radius 2 is 2.00 bits per heavy atom. The van der Waals surface area contributed by atoms with Crippen molar-refractivity contribution < 1.29 is 0 Å². The Kier molecular flexibility index (Phi) is 4.63. The smallest absolute Gasteiger partial charge is 0.0278 e. The highest BCUT2D eigenvalue weighted by atomic mass is 15.3. The Balaban J connectivity index is 1.72. The fourth-order valence-electron chi connectivity index (χ4n) is 4.80. The first-order valence-corrected chi connectivity index (χ1v) is 9.27. The molecule has 21 heavy (non-hydrogen) atoms. The normalized spacial score (nSPS) is 42.4. The van der Waals surface area contributed by atoms with Crippen molar-refractivity contribution in [2.75, 3.05) is 26.2 Å².